The van der Waals surface area contributed by atoms with Gasteiger partial charge < -0.3 is 8.98 Å². The Morgan fingerprint density at radius 1 is 1.24 bits per heavy atom. The second-order valence-electron chi connectivity index (χ2n) is 5.64. The second-order valence-corrected chi connectivity index (χ2v) is 7.62. The number of ketones is 1. The Morgan fingerprint density at radius 2 is 2.00 bits per heavy atom. The molecule has 25 heavy (non-hydrogen) atoms. The summed E-state index contributed by atoms with van der Waals surface area (Å²) in [4.78, 5) is 12.2. The largest absolute Gasteiger partial charge is 0.469 e. The van der Waals surface area contributed by atoms with E-state index in [0.717, 1.165) is 44.5 Å². The molecule has 0 aliphatic carbocycles. The van der Waals surface area contributed by atoms with Gasteiger partial charge in [-0.05, 0) is 31.5 Å². The molecule has 5 nitrogen and oxygen atoms in total. The van der Waals surface area contributed by atoms with Gasteiger partial charge in [0.2, 0.25) is 0 Å². The van der Waals surface area contributed by atoms with E-state index in [0.29, 0.717) is 6.42 Å². The molecule has 130 valence electrons. The molecule has 0 unspecified atom stereocenters. The highest BCUT2D eigenvalue weighted by molar-refractivity contribution is 9.10. The van der Waals surface area contributed by atoms with E-state index in [1.165, 1.54) is 0 Å². The quantitative estimate of drug-likeness (QED) is 0.309. The maximum absolute atomic E-state index is 12.2. The fourth-order valence-electron chi connectivity index (χ4n) is 2.47. The molecule has 0 amide bonds. The second kappa shape index (κ2) is 8.01. The molecule has 0 aliphatic heterocycles. The zero-order chi connectivity index (χ0) is 17.8. The molecular formula is C18H18BrN3O2S. The highest BCUT2D eigenvalue weighted by Crippen LogP contribution is 2.26. The lowest BCUT2D eigenvalue weighted by Gasteiger charge is -2.04. The lowest BCUT2D eigenvalue weighted by Crippen LogP contribution is -2.00. The number of nitrogens with zero attached hydrogens (tertiary/aromatic N) is 3. The number of carbonyl (C=O) groups excluding carboxylic acids is 1. The van der Waals surface area contributed by atoms with E-state index in [1.54, 1.807) is 18.0 Å². The molecular weight excluding hydrogens is 402 g/mol. The van der Waals surface area contributed by atoms with Crippen molar-refractivity contribution < 1.29 is 9.21 Å². The van der Waals surface area contributed by atoms with E-state index in [1.807, 2.05) is 48.9 Å². The Bertz CT molecular complexity index is 871. The highest BCUT2D eigenvalue weighted by Gasteiger charge is 2.14. The standard InChI is InChI=1S/C18H18BrN3O2S/c1-12-15(9-10-24-12)17-20-21-18(22(17)2)25-11-3-4-16(23)13-5-7-14(19)8-6-13/h5-10H,3-4,11H2,1-2H3. The molecule has 0 bridgehead atoms. The topological polar surface area (TPSA) is 60.9 Å². The Morgan fingerprint density at radius 3 is 2.68 bits per heavy atom. The van der Waals surface area contributed by atoms with Crippen molar-refractivity contribution in [2.45, 2.75) is 24.9 Å². The van der Waals surface area contributed by atoms with Crippen molar-refractivity contribution in [3.05, 3.63) is 52.4 Å². The highest BCUT2D eigenvalue weighted by atomic mass is 79.9. The molecule has 0 atom stereocenters. The van der Waals surface area contributed by atoms with Crippen LogP contribution in [0.2, 0.25) is 0 Å². The number of furan rings is 1. The summed E-state index contributed by atoms with van der Waals surface area (Å²) in [6.07, 6.45) is 2.98. The monoisotopic (exact) mass is 419 g/mol. The van der Waals surface area contributed by atoms with Crippen molar-refractivity contribution in [3.63, 3.8) is 0 Å². The number of carbonyl (C=O) groups is 1. The SMILES string of the molecule is Cc1occc1-c1nnc(SCCCC(=O)c2ccc(Br)cc2)n1C. The third-order valence-corrected chi connectivity index (χ3v) is 5.52. The number of benzene rings is 1. The van der Waals surface area contributed by atoms with E-state index >= 15 is 0 Å². The summed E-state index contributed by atoms with van der Waals surface area (Å²) < 4.78 is 8.26. The molecule has 0 saturated carbocycles. The van der Waals surface area contributed by atoms with Gasteiger partial charge in [0.05, 0.1) is 11.8 Å². The van der Waals surface area contributed by atoms with Crippen LogP contribution in [0.15, 0.2) is 50.6 Å². The third kappa shape index (κ3) is 4.22. The van der Waals surface area contributed by atoms with Gasteiger partial charge in [0.15, 0.2) is 16.8 Å². The van der Waals surface area contributed by atoms with Crippen LogP contribution >= 0.6 is 27.7 Å². The molecule has 0 radical (unpaired) electrons. The van der Waals surface area contributed by atoms with Gasteiger partial charge in [-0.15, -0.1) is 10.2 Å². The minimum atomic E-state index is 0.167. The number of rotatable bonds is 7. The molecule has 2 aromatic heterocycles. The molecule has 0 spiro atoms. The maximum Gasteiger partial charge on any atom is 0.191 e. The lowest BCUT2D eigenvalue weighted by atomic mass is 10.1. The summed E-state index contributed by atoms with van der Waals surface area (Å²) in [5.74, 6) is 2.60. The van der Waals surface area contributed by atoms with Gasteiger partial charge in [0, 0.05) is 29.3 Å². The summed E-state index contributed by atoms with van der Waals surface area (Å²) >= 11 is 4.99. The lowest BCUT2D eigenvalue weighted by molar-refractivity contribution is 0.0982. The first-order valence-corrected chi connectivity index (χ1v) is 9.69. The van der Waals surface area contributed by atoms with Crippen molar-refractivity contribution in [2.24, 2.45) is 7.05 Å². The summed E-state index contributed by atoms with van der Waals surface area (Å²) in [6, 6.07) is 9.37. The first kappa shape index (κ1) is 17.9. The molecule has 0 N–H and O–H groups in total. The zero-order valence-electron chi connectivity index (χ0n) is 14.0. The molecule has 3 aromatic rings. The molecule has 0 saturated heterocycles. The van der Waals surface area contributed by atoms with Gasteiger partial charge in [0.1, 0.15) is 5.76 Å². The number of Topliss-reactive ketones (excluding diaryl/α,β-unsaturated/α-hetero) is 1. The zero-order valence-corrected chi connectivity index (χ0v) is 16.4. The van der Waals surface area contributed by atoms with E-state index < -0.39 is 0 Å². The van der Waals surface area contributed by atoms with Gasteiger partial charge in [0.25, 0.3) is 0 Å². The van der Waals surface area contributed by atoms with Crippen molar-refractivity contribution in [2.75, 3.05) is 5.75 Å². The molecule has 0 aliphatic rings. The molecule has 2 heterocycles. The average molecular weight is 420 g/mol. The summed E-state index contributed by atoms with van der Waals surface area (Å²) in [7, 11) is 1.94. The summed E-state index contributed by atoms with van der Waals surface area (Å²) in [5.41, 5.74) is 1.71. The van der Waals surface area contributed by atoms with Crippen molar-refractivity contribution in [3.8, 4) is 11.4 Å². The van der Waals surface area contributed by atoms with Crippen LogP contribution < -0.4 is 0 Å². The summed E-state index contributed by atoms with van der Waals surface area (Å²) in [5, 5.41) is 9.33. The number of halogens is 1. The number of thioether (sulfide) groups is 1. The molecule has 1 aromatic carbocycles. The van der Waals surface area contributed by atoms with Gasteiger partial charge in [-0.2, -0.15) is 0 Å². The predicted molar refractivity (Wildman–Crippen MR) is 102 cm³/mol. The average Bonchev–Trinajstić information content (AvgIpc) is 3.18. The Labute approximate surface area is 159 Å². The van der Waals surface area contributed by atoms with E-state index in [9.17, 15) is 4.79 Å². The normalized spacial score (nSPS) is 11.0. The van der Waals surface area contributed by atoms with E-state index in [4.69, 9.17) is 4.42 Å². The van der Waals surface area contributed by atoms with Crippen LogP contribution in [0.25, 0.3) is 11.4 Å². The minimum Gasteiger partial charge on any atom is -0.469 e. The van der Waals surface area contributed by atoms with E-state index in [2.05, 4.69) is 26.1 Å². The van der Waals surface area contributed by atoms with Gasteiger partial charge in [-0.25, -0.2) is 0 Å². The van der Waals surface area contributed by atoms with Gasteiger partial charge in [-0.3, -0.25) is 4.79 Å². The van der Waals surface area contributed by atoms with Crippen LogP contribution in [0.4, 0.5) is 0 Å². The van der Waals surface area contributed by atoms with Crippen LogP contribution in [-0.4, -0.2) is 26.3 Å². The predicted octanol–water partition coefficient (Wildman–Crippen LogP) is 4.90. The van der Waals surface area contributed by atoms with Crippen LogP contribution in [0, 0.1) is 6.92 Å². The number of aryl methyl sites for hydroxylation is 1. The minimum absolute atomic E-state index is 0.167. The van der Waals surface area contributed by atoms with Crippen LogP contribution in [0.5, 0.6) is 0 Å². The van der Waals surface area contributed by atoms with Gasteiger partial charge >= 0.3 is 0 Å². The number of hydrogen-bond donors (Lipinski definition) is 0. The first-order valence-electron chi connectivity index (χ1n) is 7.91. The van der Waals surface area contributed by atoms with Crippen LogP contribution in [0.1, 0.15) is 29.0 Å². The molecule has 0 fully saturated rings. The fourth-order valence-corrected chi connectivity index (χ4v) is 3.58. The van der Waals surface area contributed by atoms with Gasteiger partial charge in [-0.1, -0.05) is 39.8 Å². The molecule has 7 heteroatoms. The van der Waals surface area contributed by atoms with E-state index in [-0.39, 0.29) is 5.78 Å². The summed E-state index contributed by atoms with van der Waals surface area (Å²) in [6.45, 7) is 1.91. The van der Waals surface area contributed by atoms with Crippen molar-refractivity contribution >= 4 is 33.5 Å². The Kier molecular flexibility index (Phi) is 5.75. The molecule has 3 rings (SSSR count). The Balaban J connectivity index is 1.53. The van der Waals surface area contributed by atoms with Crippen LogP contribution in [-0.2, 0) is 7.05 Å². The smallest absolute Gasteiger partial charge is 0.191 e. The first-order chi connectivity index (χ1) is 12.1. The van der Waals surface area contributed by atoms with Crippen molar-refractivity contribution in [1.82, 2.24) is 14.8 Å². The Hall–Kier alpha value is -1.86. The van der Waals surface area contributed by atoms with Crippen molar-refractivity contribution in [1.29, 1.82) is 0 Å². The maximum atomic E-state index is 12.2. The third-order valence-electron chi connectivity index (χ3n) is 3.88. The fraction of sp³-hybridized carbons (Fsp3) is 0.278. The number of hydrogen-bond acceptors (Lipinski definition) is 5. The number of aromatic nitrogens is 3. The van der Waals surface area contributed by atoms with Crippen LogP contribution in [0.3, 0.4) is 0 Å².